The Bertz CT molecular complexity index is 552. The number of hydrogen-bond donors (Lipinski definition) is 1. The van der Waals surface area contributed by atoms with Crippen molar-refractivity contribution in [1.29, 1.82) is 5.26 Å². The third kappa shape index (κ3) is 2.41. The average Bonchev–Trinajstić information content (AvgIpc) is 2.88. The van der Waals surface area contributed by atoms with Crippen LogP contribution in [-0.4, -0.2) is 15.6 Å². The van der Waals surface area contributed by atoms with Gasteiger partial charge in [0.2, 0.25) is 5.82 Å². The van der Waals surface area contributed by atoms with Crippen LogP contribution in [0, 0.1) is 11.3 Å². The van der Waals surface area contributed by atoms with E-state index >= 15 is 0 Å². The van der Waals surface area contributed by atoms with E-state index in [1.54, 1.807) is 23.7 Å². The minimum Gasteiger partial charge on any atom is -0.326 e. The fourth-order valence-electron chi connectivity index (χ4n) is 1.76. The molecule has 0 aliphatic heterocycles. The molecule has 0 saturated heterocycles. The first-order valence-corrected chi connectivity index (χ1v) is 6.73. The van der Waals surface area contributed by atoms with Crippen LogP contribution in [0.3, 0.4) is 0 Å². The number of imidazole rings is 1. The first-order valence-electron chi connectivity index (χ1n) is 5.06. The molecule has 2 atom stereocenters. The minimum absolute atomic E-state index is 0.0524. The predicted molar refractivity (Wildman–Crippen MR) is 70.7 cm³/mol. The lowest BCUT2D eigenvalue weighted by Crippen LogP contribution is -2.30. The largest absolute Gasteiger partial charge is 0.326 e. The Kier molecular flexibility index (Phi) is 3.62. The lowest BCUT2D eigenvalue weighted by Gasteiger charge is -2.21. The first-order chi connectivity index (χ1) is 8.13. The van der Waals surface area contributed by atoms with Crippen molar-refractivity contribution in [2.75, 3.05) is 0 Å². The van der Waals surface area contributed by atoms with Crippen molar-refractivity contribution in [2.45, 2.75) is 19.0 Å². The van der Waals surface area contributed by atoms with Crippen molar-refractivity contribution in [3.05, 3.63) is 39.0 Å². The van der Waals surface area contributed by atoms with Crippen LogP contribution >= 0.6 is 27.3 Å². The number of nitrogens with zero attached hydrogens (tertiary/aromatic N) is 3. The number of halogens is 1. The van der Waals surface area contributed by atoms with Crippen molar-refractivity contribution in [3.63, 3.8) is 0 Å². The summed E-state index contributed by atoms with van der Waals surface area (Å²) < 4.78 is 2.85. The molecule has 2 N–H and O–H groups in total. The molecular weight excluding hydrogens is 300 g/mol. The van der Waals surface area contributed by atoms with Crippen LogP contribution in [-0.2, 0) is 0 Å². The van der Waals surface area contributed by atoms with Crippen LogP contribution in [0.4, 0.5) is 0 Å². The number of rotatable bonds is 3. The van der Waals surface area contributed by atoms with Crippen LogP contribution in [0.25, 0.3) is 0 Å². The molecule has 0 saturated carbocycles. The molecule has 17 heavy (non-hydrogen) atoms. The normalized spacial score (nSPS) is 14.2. The Morgan fingerprint density at radius 2 is 2.41 bits per heavy atom. The van der Waals surface area contributed by atoms with E-state index in [4.69, 9.17) is 11.0 Å². The summed E-state index contributed by atoms with van der Waals surface area (Å²) in [5, 5.41) is 11.0. The van der Waals surface area contributed by atoms with Crippen molar-refractivity contribution < 1.29 is 0 Å². The first kappa shape index (κ1) is 12.3. The van der Waals surface area contributed by atoms with Gasteiger partial charge in [-0.1, -0.05) is 0 Å². The van der Waals surface area contributed by atoms with Crippen molar-refractivity contribution in [2.24, 2.45) is 5.73 Å². The molecule has 0 fully saturated rings. The summed E-state index contributed by atoms with van der Waals surface area (Å²) in [7, 11) is 0. The SMILES string of the molecule is CC(N)C(c1cc(Br)cs1)n1ccnc1C#N. The second-order valence-corrected chi connectivity index (χ2v) is 5.60. The molecule has 88 valence electrons. The fraction of sp³-hybridized carbons (Fsp3) is 0.273. The second-order valence-electron chi connectivity index (χ2n) is 3.74. The summed E-state index contributed by atoms with van der Waals surface area (Å²) in [4.78, 5) is 5.12. The summed E-state index contributed by atoms with van der Waals surface area (Å²) in [6.45, 7) is 1.93. The molecule has 0 bridgehead atoms. The lowest BCUT2D eigenvalue weighted by molar-refractivity contribution is 0.499. The summed E-state index contributed by atoms with van der Waals surface area (Å²) in [5.74, 6) is 0.386. The zero-order chi connectivity index (χ0) is 12.4. The molecule has 0 aliphatic carbocycles. The molecular formula is C11H11BrN4S. The van der Waals surface area contributed by atoms with Gasteiger partial charge in [-0.15, -0.1) is 11.3 Å². The molecule has 0 aromatic carbocycles. The van der Waals surface area contributed by atoms with Crippen LogP contribution in [0.1, 0.15) is 23.7 Å². The van der Waals surface area contributed by atoms with Gasteiger partial charge >= 0.3 is 0 Å². The Hall–Kier alpha value is -1.16. The van der Waals surface area contributed by atoms with E-state index < -0.39 is 0 Å². The van der Waals surface area contributed by atoms with Crippen LogP contribution in [0.15, 0.2) is 28.3 Å². The zero-order valence-electron chi connectivity index (χ0n) is 9.17. The van der Waals surface area contributed by atoms with Crippen LogP contribution in [0.5, 0.6) is 0 Å². The third-order valence-corrected chi connectivity index (χ3v) is 4.21. The summed E-state index contributed by atoms with van der Waals surface area (Å²) in [5.41, 5.74) is 6.03. The van der Waals surface area contributed by atoms with E-state index in [0.717, 1.165) is 9.35 Å². The van der Waals surface area contributed by atoms with Gasteiger partial charge in [0.15, 0.2) is 0 Å². The maximum absolute atomic E-state index is 9.01. The highest BCUT2D eigenvalue weighted by atomic mass is 79.9. The topological polar surface area (TPSA) is 67.6 Å². The standard InChI is InChI=1S/C11H11BrN4S/c1-7(14)11(9-4-8(12)6-17-9)16-3-2-15-10(16)5-13/h2-4,6-7,11H,14H2,1H3. The minimum atomic E-state index is -0.0955. The Labute approximate surface area is 112 Å². The monoisotopic (exact) mass is 310 g/mol. The van der Waals surface area contributed by atoms with Crippen LogP contribution < -0.4 is 5.73 Å². The van der Waals surface area contributed by atoms with Gasteiger partial charge in [-0.25, -0.2) is 4.98 Å². The molecule has 0 spiro atoms. The highest BCUT2D eigenvalue weighted by molar-refractivity contribution is 9.10. The van der Waals surface area contributed by atoms with Crippen LogP contribution in [0.2, 0.25) is 0 Å². The molecule has 0 aliphatic rings. The third-order valence-electron chi connectivity index (χ3n) is 2.45. The van der Waals surface area contributed by atoms with Gasteiger partial charge in [-0.3, -0.25) is 0 Å². The molecule has 2 aromatic rings. The van der Waals surface area contributed by atoms with Gasteiger partial charge in [0.25, 0.3) is 0 Å². The Morgan fingerprint density at radius 1 is 1.65 bits per heavy atom. The molecule has 2 unspecified atom stereocenters. The number of nitriles is 1. The van der Waals surface area contributed by atoms with Gasteiger partial charge in [0.05, 0.1) is 6.04 Å². The van der Waals surface area contributed by atoms with E-state index in [-0.39, 0.29) is 12.1 Å². The molecule has 2 aromatic heterocycles. The molecule has 2 heterocycles. The second kappa shape index (κ2) is 5.00. The van der Waals surface area contributed by atoms with Crippen molar-refractivity contribution in [1.82, 2.24) is 9.55 Å². The maximum atomic E-state index is 9.01. The molecule has 4 nitrogen and oxygen atoms in total. The average molecular weight is 311 g/mol. The Morgan fingerprint density at radius 3 is 2.94 bits per heavy atom. The van der Waals surface area contributed by atoms with E-state index in [0.29, 0.717) is 5.82 Å². The fourth-order valence-corrected chi connectivity index (χ4v) is 3.41. The highest BCUT2D eigenvalue weighted by Crippen LogP contribution is 2.30. The van der Waals surface area contributed by atoms with Gasteiger partial charge in [0.1, 0.15) is 6.07 Å². The highest BCUT2D eigenvalue weighted by Gasteiger charge is 2.22. The quantitative estimate of drug-likeness (QED) is 0.947. The van der Waals surface area contributed by atoms with Gasteiger partial charge in [-0.2, -0.15) is 5.26 Å². The molecule has 6 heteroatoms. The smallest absolute Gasteiger partial charge is 0.213 e. The summed E-state index contributed by atoms with van der Waals surface area (Å²) in [6.07, 6.45) is 3.41. The number of thiophene rings is 1. The molecule has 0 radical (unpaired) electrons. The Balaban J connectivity index is 2.47. The molecule has 0 amide bonds. The van der Waals surface area contributed by atoms with E-state index in [1.807, 2.05) is 22.9 Å². The van der Waals surface area contributed by atoms with Crippen molar-refractivity contribution >= 4 is 27.3 Å². The van der Waals surface area contributed by atoms with Gasteiger partial charge in [0, 0.05) is 33.2 Å². The lowest BCUT2D eigenvalue weighted by atomic mass is 10.1. The van der Waals surface area contributed by atoms with E-state index in [2.05, 4.69) is 27.0 Å². The number of hydrogen-bond acceptors (Lipinski definition) is 4. The summed E-state index contributed by atoms with van der Waals surface area (Å²) in [6, 6.07) is 3.96. The van der Waals surface area contributed by atoms with Gasteiger partial charge in [-0.05, 0) is 28.9 Å². The molecule has 2 rings (SSSR count). The van der Waals surface area contributed by atoms with Crippen molar-refractivity contribution in [3.8, 4) is 6.07 Å². The maximum Gasteiger partial charge on any atom is 0.213 e. The van der Waals surface area contributed by atoms with Gasteiger partial charge < -0.3 is 10.3 Å². The number of aromatic nitrogens is 2. The van der Waals surface area contributed by atoms with E-state index in [1.165, 1.54) is 0 Å². The van der Waals surface area contributed by atoms with E-state index in [9.17, 15) is 0 Å². The summed E-state index contributed by atoms with van der Waals surface area (Å²) >= 11 is 5.05. The zero-order valence-corrected chi connectivity index (χ0v) is 11.6. The number of nitrogens with two attached hydrogens (primary N) is 1. The predicted octanol–water partition coefficient (Wildman–Crippen LogP) is 2.52.